The highest BCUT2D eigenvalue weighted by molar-refractivity contribution is 5.94. The van der Waals surface area contributed by atoms with Crippen molar-refractivity contribution in [3.05, 3.63) is 77.7 Å². The summed E-state index contributed by atoms with van der Waals surface area (Å²) in [6, 6.07) is 13.4. The number of carbonyl (C=O) groups is 1. The lowest BCUT2D eigenvalue weighted by Gasteiger charge is -2.11. The molecule has 4 aromatic rings. The number of methoxy groups -OCH3 is 1. The molecule has 2 heterocycles. The van der Waals surface area contributed by atoms with Crippen LogP contribution < -0.4 is 10.1 Å². The number of rotatable bonds is 5. The largest absolute Gasteiger partial charge is 0.497 e. The molecule has 0 atom stereocenters. The van der Waals surface area contributed by atoms with Crippen LogP contribution in [0.15, 0.2) is 60.9 Å². The van der Waals surface area contributed by atoms with E-state index >= 15 is 0 Å². The summed E-state index contributed by atoms with van der Waals surface area (Å²) in [5.41, 5.74) is 0.870. The van der Waals surface area contributed by atoms with Crippen molar-refractivity contribution in [2.75, 3.05) is 7.11 Å². The molecule has 0 aliphatic heterocycles. The molecule has 2 aromatic heterocycles. The molecule has 158 valence electrons. The number of hydrogen-bond donors (Lipinski definition) is 1. The number of fused-ring (bicyclic) bond motifs is 1. The number of nitrogens with zero attached hydrogens (tertiary/aromatic N) is 4. The minimum atomic E-state index is -4.49. The van der Waals surface area contributed by atoms with E-state index in [1.54, 1.807) is 19.2 Å². The van der Waals surface area contributed by atoms with Crippen molar-refractivity contribution in [1.29, 1.82) is 0 Å². The van der Waals surface area contributed by atoms with Crippen LogP contribution in [-0.2, 0) is 12.7 Å². The molecule has 0 aliphatic carbocycles. The number of hydrogen-bond acceptors (Lipinski definition) is 5. The van der Waals surface area contributed by atoms with Gasteiger partial charge in [0.05, 0.1) is 12.7 Å². The molecule has 10 heteroatoms. The van der Waals surface area contributed by atoms with E-state index in [4.69, 9.17) is 4.74 Å². The van der Waals surface area contributed by atoms with E-state index in [9.17, 15) is 18.0 Å². The third-order valence-corrected chi connectivity index (χ3v) is 4.61. The molecular weight excluding hydrogens is 411 g/mol. The van der Waals surface area contributed by atoms with Crippen LogP contribution in [-0.4, -0.2) is 32.8 Å². The van der Waals surface area contributed by atoms with Crippen LogP contribution in [0.5, 0.6) is 5.75 Å². The van der Waals surface area contributed by atoms with Gasteiger partial charge in [0, 0.05) is 12.1 Å². The first kappa shape index (κ1) is 20.3. The fraction of sp³-hybridized carbons (Fsp3) is 0.143. The molecule has 4 rings (SSSR count). The summed E-state index contributed by atoms with van der Waals surface area (Å²) >= 11 is 0. The number of benzene rings is 2. The Hall–Kier alpha value is -3.95. The monoisotopic (exact) mass is 427 g/mol. The molecule has 0 bridgehead atoms. The van der Waals surface area contributed by atoms with Crippen LogP contribution in [0.4, 0.5) is 13.2 Å². The summed E-state index contributed by atoms with van der Waals surface area (Å²) in [4.78, 5) is 12.7. The van der Waals surface area contributed by atoms with Gasteiger partial charge in [-0.05, 0) is 41.5 Å². The Morgan fingerprint density at radius 2 is 1.90 bits per heavy atom. The first-order valence-electron chi connectivity index (χ1n) is 9.15. The number of carbonyl (C=O) groups excluding carboxylic acids is 1. The van der Waals surface area contributed by atoms with Gasteiger partial charge in [-0.3, -0.25) is 4.79 Å². The van der Waals surface area contributed by atoms with Gasteiger partial charge in [-0.2, -0.15) is 22.8 Å². The van der Waals surface area contributed by atoms with Gasteiger partial charge in [-0.1, -0.05) is 24.3 Å². The fourth-order valence-corrected chi connectivity index (χ4v) is 3.03. The third-order valence-electron chi connectivity index (χ3n) is 4.61. The maximum atomic E-state index is 13.1. The van der Waals surface area contributed by atoms with Gasteiger partial charge < -0.3 is 10.1 Å². The molecule has 0 saturated heterocycles. The molecule has 0 fully saturated rings. The zero-order chi connectivity index (χ0) is 22.0. The highest BCUT2D eigenvalue weighted by Crippen LogP contribution is 2.33. The molecule has 0 unspecified atom stereocenters. The van der Waals surface area contributed by atoms with Crippen LogP contribution in [0.3, 0.4) is 0 Å². The number of aromatic nitrogens is 4. The first-order valence-corrected chi connectivity index (χ1v) is 9.15. The number of amides is 1. The number of nitrogens with one attached hydrogen (secondary N) is 1. The predicted octanol–water partition coefficient (Wildman–Crippen LogP) is 3.75. The van der Waals surface area contributed by atoms with E-state index < -0.39 is 17.6 Å². The van der Waals surface area contributed by atoms with Gasteiger partial charge in [-0.25, -0.2) is 0 Å². The Labute approximate surface area is 174 Å². The Morgan fingerprint density at radius 3 is 2.61 bits per heavy atom. The number of halogens is 3. The van der Waals surface area contributed by atoms with Crippen LogP contribution in [0.25, 0.3) is 16.8 Å². The maximum Gasteiger partial charge on any atom is 0.416 e. The summed E-state index contributed by atoms with van der Waals surface area (Å²) < 4.78 is 45.8. The molecule has 0 aliphatic rings. The SMILES string of the molecule is COc1ccc(CNC(=O)c2cc(-c3cccc(C(F)(F)F)c3)c3nncn3n2)cc1. The van der Waals surface area contributed by atoms with Gasteiger partial charge >= 0.3 is 6.18 Å². The maximum absolute atomic E-state index is 13.1. The van der Waals surface area contributed by atoms with Gasteiger partial charge in [-0.15, -0.1) is 10.2 Å². The van der Waals surface area contributed by atoms with Crippen molar-refractivity contribution in [2.24, 2.45) is 0 Å². The molecule has 1 N–H and O–H groups in total. The lowest BCUT2D eigenvalue weighted by atomic mass is 10.0. The van der Waals surface area contributed by atoms with Crippen molar-refractivity contribution in [1.82, 2.24) is 25.1 Å². The highest BCUT2D eigenvalue weighted by atomic mass is 19.4. The number of ether oxygens (including phenoxy) is 1. The molecular formula is C21H16F3N5O2. The van der Waals surface area contributed by atoms with Gasteiger partial charge in [0.2, 0.25) is 0 Å². The normalized spacial score (nSPS) is 11.5. The molecule has 0 saturated carbocycles. The molecule has 31 heavy (non-hydrogen) atoms. The third kappa shape index (κ3) is 4.32. The first-order chi connectivity index (χ1) is 14.8. The summed E-state index contributed by atoms with van der Waals surface area (Å²) in [7, 11) is 1.56. The molecule has 1 amide bonds. The van der Waals surface area contributed by atoms with Crippen molar-refractivity contribution >= 4 is 11.6 Å². The van der Waals surface area contributed by atoms with E-state index in [2.05, 4.69) is 20.6 Å². The van der Waals surface area contributed by atoms with Gasteiger partial charge in [0.1, 0.15) is 17.8 Å². The molecule has 7 nitrogen and oxygen atoms in total. The Balaban J connectivity index is 1.64. The average molecular weight is 427 g/mol. The van der Waals surface area contributed by atoms with E-state index in [0.717, 1.165) is 17.7 Å². The lowest BCUT2D eigenvalue weighted by Crippen LogP contribution is -2.24. The summed E-state index contributed by atoms with van der Waals surface area (Å²) in [6.45, 7) is 0.240. The second-order valence-electron chi connectivity index (χ2n) is 6.65. The van der Waals surface area contributed by atoms with Crippen LogP contribution in [0, 0.1) is 0 Å². The number of alkyl halides is 3. The second kappa shape index (κ2) is 8.05. The standard InChI is InChI=1S/C21H16F3N5O2/c1-31-16-7-5-13(6-8-16)11-25-20(30)18-10-17(19-27-26-12-29(19)28-18)14-3-2-4-15(9-14)21(22,23)24/h2-10,12H,11H2,1H3,(H,25,30). The average Bonchev–Trinajstić information content (AvgIpc) is 3.25. The Morgan fingerprint density at radius 1 is 1.13 bits per heavy atom. The zero-order valence-corrected chi connectivity index (χ0v) is 16.2. The smallest absolute Gasteiger partial charge is 0.416 e. The minimum Gasteiger partial charge on any atom is -0.497 e. The van der Waals surface area contributed by atoms with E-state index in [1.165, 1.54) is 29.0 Å². The van der Waals surface area contributed by atoms with E-state index in [0.29, 0.717) is 11.3 Å². The topological polar surface area (TPSA) is 81.4 Å². The predicted molar refractivity (Wildman–Crippen MR) is 105 cm³/mol. The summed E-state index contributed by atoms with van der Waals surface area (Å²) in [6.07, 6.45) is -3.21. The van der Waals surface area contributed by atoms with Crippen LogP contribution in [0.1, 0.15) is 21.6 Å². The molecule has 2 aromatic carbocycles. The second-order valence-corrected chi connectivity index (χ2v) is 6.65. The lowest BCUT2D eigenvalue weighted by molar-refractivity contribution is -0.137. The summed E-state index contributed by atoms with van der Waals surface area (Å²) in [5, 5.41) is 14.6. The quantitative estimate of drug-likeness (QED) is 0.525. The van der Waals surface area contributed by atoms with Gasteiger partial charge in [0.25, 0.3) is 5.91 Å². The fourth-order valence-electron chi connectivity index (χ4n) is 3.03. The Kier molecular flexibility index (Phi) is 5.28. The summed E-state index contributed by atoms with van der Waals surface area (Å²) in [5.74, 6) is 0.208. The zero-order valence-electron chi connectivity index (χ0n) is 16.2. The van der Waals surface area contributed by atoms with Crippen molar-refractivity contribution in [3.63, 3.8) is 0 Å². The van der Waals surface area contributed by atoms with E-state index in [-0.39, 0.29) is 23.4 Å². The van der Waals surface area contributed by atoms with Crippen molar-refractivity contribution < 1.29 is 22.7 Å². The minimum absolute atomic E-state index is 0.0215. The Bertz CT molecular complexity index is 1240. The van der Waals surface area contributed by atoms with Crippen LogP contribution in [0.2, 0.25) is 0 Å². The highest BCUT2D eigenvalue weighted by Gasteiger charge is 2.30. The van der Waals surface area contributed by atoms with Crippen molar-refractivity contribution in [3.8, 4) is 16.9 Å². The molecule has 0 radical (unpaired) electrons. The van der Waals surface area contributed by atoms with Crippen LogP contribution >= 0.6 is 0 Å². The van der Waals surface area contributed by atoms with Crippen molar-refractivity contribution in [2.45, 2.75) is 12.7 Å². The van der Waals surface area contributed by atoms with E-state index in [1.807, 2.05) is 12.1 Å². The molecule has 0 spiro atoms. The van der Waals surface area contributed by atoms with Gasteiger partial charge in [0.15, 0.2) is 5.65 Å².